The van der Waals surface area contributed by atoms with Crippen LogP contribution in [0.2, 0.25) is 0 Å². The molecule has 4 heterocycles. The SMILES string of the molecule is Cc1nsnc1C(=O)N1CC[C@@]23O[C@H](c4ccccc4)CN2C(=O)C[C@@H]13. The van der Waals surface area contributed by atoms with Crippen molar-refractivity contribution in [1.29, 1.82) is 0 Å². The molecule has 1 aromatic carbocycles. The van der Waals surface area contributed by atoms with Crippen LogP contribution in [0.1, 0.15) is 40.7 Å². The Kier molecular flexibility index (Phi) is 3.42. The number of aryl methyl sites for hydroxylation is 1. The minimum absolute atomic E-state index is 0.0547. The van der Waals surface area contributed by atoms with E-state index in [9.17, 15) is 9.59 Å². The largest absolute Gasteiger partial charge is 0.343 e. The third-order valence-electron chi connectivity index (χ3n) is 5.72. The number of carbonyl (C=O) groups excluding carboxylic acids is 2. The Labute approximate surface area is 154 Å². The Balaban J connectivity index is 1.46. The van der Waals surface area contributed by atoms with Crippen LogP contribution in [0.5, 0.6) is 0 Å². The highest BCUT2D eigenvalue weighted by Gasteiger charge is 2.65. The molecule has 2 amide bonds. The van der Waals surface area contributed by atoms with Gasteiger partial charge in [-0.2, -0.15) is 8.75 Å². The number of likely N-dealkylation sites (tertiary alicyclic amines) is 1. The van der Waals surface area contributed by atoms with Gasteiger partial charge in [0, 0.05) is 13.0 Å². The molecule has 134 valence electrons. The maximum Gasteiger partial charge on any atom is 0.275 e. The second-order valence-corrected chi connectivity index (χ2v) is 7.56. The molecular weight excluding hydrogens is 352 g/mol. The van der Waals surface area contributed by atoms with Crippen molar-refractivity contribution >= 4 is 23.5 Å². The van der Waals surface area contributed by atoms with Gasteiger partial charge in [-0.15, -0.1) is 0 Å². The molecule has 0 N–H and O–H groups in total. The molecule has 3 aliphatic heterocycles. The van der Waals surface area contributed by atoms with Crippen LogP contribution in [-0.4, -0.2) is 55.2 Å². The zero-order valence-corrected chi connectivity index (χ0v) is 15.1. The highest BCUT2D eigenvalue weighted by Crippen LogP contribution is 2.50. The van der Waals surface area contributed by atoms with Gasteiger partial charge in [0.2, 0.25) is 5.91 Å². The molecule has 3 saturated heterocycles. The number of amides is 2. The molecule has 3 aliphatic rings. The van der Waals surface area contributed by atoms with E-state index in [1.165, 1.54) is 0 Å². The summed E-state index contributed by atoms with van der Waals surface area (Å²) in [6.07, 6.45) is 0.791. The van der Waals surface area contributed by atoms with Gasteiger partial charge in [-0.1, -0.05) is 30.3 Å². The number of ether oxygens (including phenoxy) is 1. The van der Waals surface area contributed by atoms with Crippen molar-refractivity contribution in [3.05, 3.63) is 47.3 Å². The van der Waals surface area contributed by atoms with E-state index in [2.05, 4.69) is 8.75 Å². The molecule has 26 heavy (non-hydrogen) atoms. The van der Waals surface area contributed by atoms with Crippen molar-refractivity contribution in [2.75, 3.05) is 13.1 Å². The van der Waals surface area contributed by atoms with Gasteiger partial charge >= 0.3 is 0 Å². The van der Waals surface area contributed by atoms with E-state index < -0.39 is 5.72 Å². The number of rotatable bonds is 2. The fraction of sp³-hybridized carbons (Fsp3) is 0.444. The smallest absolute Gasteiger partial charge is 0.275 e. The average molecular weight is 370 g/mol. The highest BCUT2D eigenvalue weighted by atomic mass is 32.1. The summed E-state index contributed by atoms with van der Waals surface area (Å²) < 4.78 is 14.7. The monoisotopic (exact) mass is 370 g/mol. The normalized spacial score (nSPS) is 30.0. The predicted molar refractivity (Wildman–Crippen MR) is 93.4 cm³/mol. The number of carbonyl (C=O) groups is 2. The third kappa shape index (κ3) is 2.09. The quantitative estimate of drug-likeness (QED) is 0.805. The third-order valence-corrected chi connectivity index (χ3v) is 6.34. The lowest BCUT2D eigenvalue weighted by Gasteiger charge is -2.31. The van der Waals surface area contributed by atoms with Crippen molar-refractivity contribution in [2.45, 2.75) is 37.6 Å². The Morgan fingerprint density at radius 1 is 1.31 bits per heavy atom. The van der Waals surface area contributed by atoms with E-state index in [0.29, 0.717) is 37.3 Å². The molecule has 7 nitrogen and oxygen atoms in total. The molecule has 0 saturated carbocycles. The Bertz CT molecular complexity index is 886. The van der Waals surface area contributed by atoms with E-state index in [1.807, 2.05) is 35.2 Å². The van der Waals surface area contributed by atoms with Gasteiger partial charge in [0.05, 0.1) is 36.4 Å². The van der Waals surface area contributed by atoms with Gasteiger partial charge in [-0.05, 0) is 12.5 Å². The standard InChI is InChI=1S/C18H18N4O3S/c1-11-16(20-26-19-11)17(24)21-8-7-18-14(21)9-15(23)22(18)10-13(25-18)12-5-3-2-4-6-12/h2-6,13-14H,7-10H2,1H3/t13-,14+,18-/m0/s1. The second kappa shape index (κ2) is 5.59. The molecule has 0 radical (unpaired) electrons. The van der Waals surface area contributed by atoms with Crippen LogP contribution in [-0.2, 0) is 9.53 Å². The van der Waals surface area contributed by atoms with Crippen molar-refractivity contribution in [2.24, 2.45) is 0 Å². The first kappa shape index (κ1) is 15.9. The summed E-state index contributed by atoms with van der Waals surface area (Å²) in [5.41, 5.74) is 1.38. The first-order valence-electron chi connectivity index (χ1n) is 8.73. The molecule has 2 aromatic rings. The Morgan fingerprint density at radius 2 is 2.12 bits per heavy atom. The molecule has 0 bridgehead atoms. The number of hydrogen-bond acceptors (Lipinski definition) is 6. The van der Waals surface area contributed by atoms with Crippen LogP contribution in [0.3, 0.4) is 0 Å². The zero-order chi connectivity index (χ0) is 17.9. The highest BCUT2D eigenvalue weighted by molar-refractivity contribution is 6.99. The molecule has 8 heteroatoms. The topological polar surface area (TPSA) is 75.6 Å². The van der Waals surface area contributed by atoms with Crippen LogP contribution in [0, 0.1) is 6.92 Å². The number of aromatic nitrogens is 2. The first-order chi connectivity index (χ1) is 12.6. The Morgan fingerprint density at radius 3 is 2.85 bits per heavy atom. The molecule has 1 spiro atoms. The maximum absolute atomic E-state index is 13.0. The molecule has 5 rings (SSSR count). The van der Waals surface area contributed by atoms with Crippen LogP contribution >= 0.6 is 11.7 Å². The number of benzene rings is 1. The van der Waals surface area contributed by atoms with Crippen LogP contribution < -0.4 is 0 Å². The van der Waals surface area contributed by atoms with E-state index in [0.717, 1.165) is 17.3 Å². The minimum atomic E-state index is -0.704. The Hall–Kier alpha value is -2.32. The second-order valence-electron chi connectivity index (χ2n) is 7.03. The van der Waals surface area contributed by atoms with E-state index in [4.69, 9.17) is 4.74 Å². The molecule has 3 fully saturated rings. The summed E-state index contributed by atoms with van der Waals surface area (Å²) >= 11 is 1.04. The predicted octanol–water partition coefficient (Wildman–Crippen LogP) is 1.76. The summed E-state index contributed by atoms with van der Waals surface area (Å²) in [4.78, 5) is 29.2. The first-order valence-corrected chi connectivity index (χ1v) is 9.46. The van der Waals surface area contributed by atoms with E-state index in [1.54, 1.807) is 11.8 Å². The van der Waals surface area contributed by atoms with Gasteiger partial charge < -0.3 is 14.5 Å². The molecule has 3 atom stereocenters. The molecule has 1 aromatic heterocycles. The van der Waals surface area contributed by atoms with Gasteiger partial charge in [0.25, 0.3) is 5.91 Å². The van der Waals surface area contributed by atoms with Crippen molar-refractivity contribution in [1.82, 2.24) is 18.5 Å². The summed E-state index contributed by atoms with van der Waals surface area (Å²) in [5, 5.41) is 0. The fourth-order valence-corrected chi connectivity index (χ4v) is 5.01. The number of hydrogen-bond donors (Lipinski definition) is 0. The summed E-state index contributed by atoms with van der Waals surface area (Å²) in [7, 11) is 0. The van der Waals surface area contributed by atoms with Crippen molar-refractivity contribution in [3.63, 3.8) is 0 Å². The summed E-state index contributed by atoms with van der Waals surface area (Å²) in [6, 6.07) is 9.68. The molecular formula is C18H18N4O3S. The lowest BCUT2D eigenvalue weighted by atomic mass is 10.1. The summed E-state index contributed by atoms with van der Waals surface area (Å²) in [6.45, 7) is 2.89. The fourth-order valence-electron chi connectivity index (χ4n) is 4.47. The van der Waals surface area contributed by atoms with Crippen molar-refractivity contribution in [3.8, 4) is 0 Å². The lowest BCUT2D eigenvalue weighted by molar-refractivity contribution is -0.138. The van der Waals surface area contributed by atoms with E-state index in [-0.39, 0.29) is 24.0 Å². The van der Waals surface area contributed by atoms with Gasteiger partial charge in [-0.25, -0.2) is 0 Å². The van der Waals surface area contributed by atoms with Gasteiger partial charge in [-0.3, -0.25) is 9.59 Å². The van der Waals surface area contributed by atoms with Gasteiger partial charge in [0.15, 0.2) is 11.4 Å². The molecule has 0 unspecified atom stereocenters. The minimum Gasteiger partial charge on any atom is -0.343 e. The van der Waals surface area contributed by atoms with Gasteiger partial charge in [0.1, 0.15) is 6.10 Å². The maximum atomic E-state index is 13.0. The number of nitrogens with zero attached hydrogens (tertiary/aromatic N) is 4. The van der Waals surface area contributed by atoms with Crippen LogP contribution in [0.25, 0.3) is 0 Å². The molecule has 0 aliphatic carbocycles. The lowest BCUT2D eigenvalue weighted by Crippen LogP contribution is -2.48. The summed E-state index contributed by atoms with van der Waals surface area (Å²) in [5.74, 6) is -0.0985. The van der Waals surface area contributed by atoms with Crippen LogP contribution in [0.15, 0.2) is 30.3 Å². The average Bonchev–Trinajstić information content (AvgIpc) is 3.37. The van der Waals surface area contributed by atoms with Crippen molar-refractivity contribution < 1.29 is 14.3 Å². The van der Waals surface area contributed by atoms with Crippen LogP contribution in [0.4, 0.5) is 0 Å². The van der Waals surface area contributed by atoms with E-state index >= 15 is 0 Å². The zero-order valence-electron chi connectivity index (χ0n) is 14.3.